The lowest BCUT2D eigenvalue weighted by molar-refractivity contribution is -0.134. The molecule has 1 amide bonds. The molecule has 5 nitrogen and oxygen atoms in total. The number of aromatic nitrogens is 2. The molecule has 0 saturated carbocycles. The van der Waals surface area contributed by atoms with Crippen molar-refractivity contribution in [2.24, 2.45) is 11.7 Å². The van der Waals surface area contributed by atoms with Crippen LogP contribution in [0, 0.1) is 5.92 Å². The van der Waals surface area contributed by atoms with Gasteiger partial charge in [-0.25, -0.2) is 0 Å². The van der Waals surface area contributed by atoms with E-state index in [-0.39, 0.29) is 11.9 Å². The van der Waals surface area contributed by atoms with E-state index in [9.17, 15) is 4.79 Å². The van der Waals surface area contributed by atoms with Gasteiger partial charge < -0.3 is 10.6 Å². The Morgan fingerprint density at radius 3 is 3.06 bits per heavy atom. The van der Waals surface area contributed by atoms with Crippen molar-refractivity contribution in [3.05, 3.63) is 18.5 Å². The first kappa shape index (κ1) is 12.1. The average Bonchev–Trinajstić information content (AvgIpc) is 2.82. The zero-order chi connectivity index (χ0) is 12.3. The highest BCUT2D eigenvalue weighted by Crippen LogP contribution is 2.18. The molecule has 0 radical (unpaired) electrons. The maximum Gasteiger partial charge on any atom is 0.244 e. The summed E-state index contributed by atoms with van der Waals surface area (Å²) in [5, 5.41) is 4.05. The van der Waals surface area contributed by atoms with E-state index in [0.717, 1.165) is 25.9 Å². The Morgan fingerprint density at radius 1 is 1.59 bits per heavy atom. The van der Waals surface area contributed by atoms with E-state index in [2.05, 4.69) is 12.0 Å². The van der Waals surface area contributed by atoms with Crippen molar-refractivity contribution < 1.29 is 4.79 Å². The third kappa shape index (κ3) is 2.85. The minimum absolute atomic E-state index is 0.138. The fourth-order valence-electron chi connectivity index (χ4n) is 2.34. The molecule has 1 aliphatic heterocycles. The minimum atomic E-state index is 0.138. The smallest absolute Gasteiger partial charge is 0.244 e. The van der Waals surface area contributed by atoms with E-state index in [0.29, 0.717) is 12.5 Å². The maximum absolute atomic E-state index is 12.1. The van der Waals surface area contributed by atoms with Crippen LogP contribution in [0.3, 0.4) is 0 Å². The molecular weight excluding hydrogens is 216 g/mol. The van der Waals surface area contributed by atoms with Crippen molar-refractivity contribution in [3.63, 3.8) is 0 Å². The standard InChI is InChI=1S/C12H20N4O/c1-2-10-8-15(7-4-11(10)13)12(17)9-16-6-3-5-14-16/h3,5-6,10-11H,2,4,7-9,13H2,1H3. The van der Waals surface area contributed by atoms with Crippen LogP contribution >= 0.6 is 0 Å². The number of likely N-dealkylation sites (tertiary alicyclic amines) is 1. The lowest BCUT2D eigenvalue weighted by Crippen LogP contribution is -2.49. The number of piperidine rings is 1. The molecule has 2 N–H and O–H groups in total. The number of carbonyl (C=O) groups excluding carboxylic acids is 1. The molecule has 1 saturated heterocycles. The Morgan fingerprint density at radius 2 is 2.41 bits per heavy atom. The van der Waals surface area contributed by atoms with Gasteiger partial charge in [0, 0.05) is 31.5 Å². The highest BCUT2D eigenvalue weighted by molar-refractivity contribution is 5.76. The molecule has 2 heterocycles. The molecule has 94 valence electrons. The van der Waals surface area contributed by atoms with Crippen LogP contribution in [0.5, 0.6) is 0 Å². The molecule has 1 aromatic rings. The van der Waals surface area contributed by atoms with Crippen molar-refractivity contribution in [2.45, 2.75) is 32.4 Å². The number of carbonyl (C=O) groups is 1. The largest absolute Gasteiger partial charge is 0.341 e. The molecule has 5 heteroatoms. The van der Waals surface area contributed by atoms with Crippen molar-refractivity contribution in [1.82, 2.24) is 14.7 Å². The fourth-order valence-corrected chi connectivity index (χ4v) is 2.34. The SMILES string of the molecule is CCC1CN(C(=O)Cn2cccn2)CCC1N. The molecule has 2 atom stereocenters. The first-order valence-corrected chi connectivity index (χ1v) is 6.21. The van der Waals surface area contributed by atoms with Gasteiger partial charge in [0.05, 0.1) is 0 Å². The van der Waals surface area contributed by atoms with Crippen LogP contribution in [-0.4, -0.2) is 39.7 Å². The Hall–Kier alpha value is -1.36. The van der Waals surface area contributed by atoms with Gasteiger partial charge >= 0.3 is 0 Å². The van der Waals surface area contributed by atoms with Gasteiger partial charge in [-0.1, -0.05) is 13.3 Å². The quantitative estimate of drug-likeness (QED) is 0.829. The van der Waals surface area contributed by atoms with Gasteiger partial charge in [0.25, 0.3) is 0 Å². The monoisotopic (exact) mass is 236 g/mol. The molecule has 1 fully saturated rings. The molecular formula is C12H20N4O. The lowest BCUT2D eigenvalue weighted by atomic mass is 9.91. The summed E-state index contributed by atoms with van der Waals surface area (Å²) in [4.78, 5) is 14.0. The minimum Gasteiger partial charge on any atom is -0.341 e. The van der Waals surface area contributed by atoms with E-state index in [1.165, 1.54) is 0 Å². The van der Waals surface area contributed by atoms with Gasteiger partial charge in [0.15, 0.2) is 0 Å². The second-order valence-corrected chi connectivity index (χ2v) is 4.66. The van der Waals surface area contributed by atoms with Crippen molar-refractivity contribution in [2.75, 3.05) is 13.1 Å². The van der Waals surface area contributed by atoms with Crippen molar-refractivity contribution in [3.8, 4) is 0 Å². The highest BCUT2D eigenvalue weighted by atomic mass is 16.2. The topological polar surface area (TPSA) is 64.2 Å². The molecule has 1 aliphatic rings. The van der Waals surface area contributed by atoms with Crippen LogP contribution in [-0.2, 0) is 11.3 Å². The summed E-state index contributed by atoms with van der Waals surface area (Å²) in [6, 6.07) is 2.07. The molecule has 1 aromatic heterocycles. The summed E-state index contributed by atoms with van der Waals surface area (Å²) in [5.74, 6) is 0.573. The van der Waals surface area contributed by atoms with E-state index < -0.39 is 0 Å². The molecule has 2 rings (SSSR count). The number of hydrogen-bond donors (Lipinski definition) is 1. The van der Waals surface area contributed by atoms with Gasteiger partial charge in [0.1, 0.15) is 6.54 Å². The van der Waals surface area contributed by atoms with Crippen LogP contribution in [0.2, 0.25) is 0 Å². The first-order chi connectivity index (χ1) is 8.20. The predicted octanol–water partition coefficient (Wildman–Crippen LogP) is 0.469. The Balaban J connectivity index is 1.91. The number of nitrogens with zero attached hydrogens (tertiary/aromatic N) is 3. The third-order valence-electron chi connectivity index (χ3n) is 3.53. The van der Waals surface area contributed by atoms with Crippen LogP contribution in [0.15, 0.2) is 18.5 Å². The molecule has 17 heavy (non-hydrogen) atoms. The van der Waals surface area contributed by atoms with Gasteiger partial charge in [-0.05, 0) is 18.4 Å². The summed E-state index contributed by atoms with van der Waals surface area (Å²) in [5.41, 5.74) is 6.03. The van der Waals surface area contributed by atoms with E-state index >= 15 is 0 Å². The molecule has 2 unspecified atom stereocenters. The van der Waals surface area contributed by atoms with Gasteiger partial charge in [-0.2, -0.15) is 5.10 Å². The maximum atomic E-state index is 12.1. The third-order valence-corrected chi connectivity index (χ3v) is 3.53. The normalized spacial score (nSPS) is 24.9. The van der Waals surface area contributed by atoms with Crippen LogP contribution < -0.4 is 5.73 Å². The van der Waals surface area contributed by atoms with Gasteiger partial charge in [0.2, 0.25) is 5.91 Å². The fraction of sp³-hybridized carbons (Fsp3) is 0.667. The second-order valence-electron chi connectivity index (χ2n) is 4.66. The van der Waals surface area contributed by atoms with Crippen LogP contribution in [0.1, 0.15) is 19.8 Å². The van der Waals surface area contributed by atoms with Crippen LogP contribution in [0.4, 0.5) is 0 Å². The first-order valence-electron chi connectivity index (χ1n) is 6.21. The van der Waals surface area contributed by atoms with Crippen LogP contribution in [0.25, 0.3) is 0 Å². The molecule has 0 spiro atoms. The van der Waals surface area contributed by atoms with E-state index in [4.69, 9.17) is 5.73 Å². The van der Waals surface area contributed by atoms with Gasteiger partial charge in [-0.15, -0.1) is 0 Å². The number of amides is 1. The molecule has 0 aromatic carbocycles. The molecule has 0 aliphatic carbocycles. The summed E-state index contributed by atoms with van der Waals surface area (Å²) >= 11 is 0. The highest BCUT2D eigenvalue weighted by Gasteiger charge is 2.27. The number of rotatable bonds is 3. The molecule has 0 bridgehead atoms. The second kappa shape index (κ2) is 5.31. The average molecular weight is 236 g/mol. The Kier molecular flexibility index (Phi) is 3.78. The number of nitrogens with two attached hydrogens (primary N) is 1. The lowest BCUT2D eigenvalue weighted by Gasteiger charge is -2.36. The van der Waals surface area contributed by atoms with E-state index in [1.54, 1.807) is 10.9 Å². The summed E-state index contributed by atoms with van der Waals surface area (Å²) < 4.78 is 1.66. The van der Waals surface area contributed by atoms with E-state index in [1.807, 2.05) is 17.2 Å². The van der Waals surface area contributed by atoms with Crippen molar-refractivity contribution >= 4 is 5.91 Å². The Labute approximate surface area is 102 Å². The van der Waals surface area contributed by atoms with Gasteiger partial charge in [-0.3, -0.25) is 9.48 Å². The van der Waals surface area contributed by atoms with Crippen molar-refractivity contribution in [1.29, 1.82) is 0 Å². The Bertz CT molecular complexity index is 363. The predicted molar refractivity (Wildman–Crippen MR) is 65.2 cm³/mol. The zero-order valence-electron chi connectivity index (χ0n) is 10.2. The summed E-state index contributed by atoms with van der Waals surface area (Å²) in [7, 11) is 0. The zero-order valence-corrected chi connectivity index (χ0v) is 10.2. The summed E-state index contributed by atoms with van der Waals surface area (Å²) in [6.45, 7) is 4.03. The summed E-state index contributed by atoms with van der Waals surface area (Å²) in [6.07, 6.45) is 5.44. The number of hydrogen-bond acceptors (Lipinski definition) is 3.